The van der Waals surface area contributed by atoms with E-state index in [2.05, 4.69) is 34.7 Å². The molecule has 1 aliphatic carbocycles. The summed E-state index contributed by atoms with van der Waals surface area (Å²) in [5.41, 5.74) is 3.17. The van der Waals surface area contributed by atoms with E-state index in [1.165, 1.54) is 6.08 Å². The van der Waals surface area contributed by atoms with Crippen LogP contribution >= 0.6 is 0 Å². The average molecular weight is 454 g/mol. The van der Waals surface area contributed by atoms with E-state index in [-0.39, 0.29) is 5.92 Å². The number of aliphatic carboxylic acids is 1. The third-order valence-electron chi connectivity index (χ3n) is 5.95. The summed E-state index contributed by atoms with van der Waals surface area (Å²) in [4.78, 5) is 20.4. The highest BCUT2D eigenvalue weighted by molar-refractivity contribution is 6.76. The van der Waals surface area contributed by atoms with Crippen molar-refractivity contribution in [3.05, 3.63) is 37.1 Å². The van der Waals surface area contributed by atoms with Crippen LogP contribution in [0.4, 0.5) is 0 Å². The van der Waals surface area contributed by atoms with Crippen LogP contribution in [0.5, 0.6) is 0 Å². The first-order chi connectivity index (χ1) is 15.3. The third kappa shape index (κ3) is 5.16. The molecular formula is C23H31N5O3Si. The second-order valence-electron chi connectivity index (χ2n) is 9.66. The van der Waals surface area contributed by atoms with Crippen molar-refractivity contribution >= 4 is 30.8 Å². The number of aromatic nitrogens is 5. The Balaban J connectivity index is 1.57. The quantitative estimate of drug-likeness (QED) is 0.286. The van der Waals surface area contributed by atoms with E-state index in [0.29, 0.717) is 6.73 Å². The summed E-state index contributed by atoms with van der Waals surface area (Å²) in [5, 5.41) is 14.8. The van der Waals surface area contributed by atoms with Crippen LogP contribution in [0.15, 0.2) is 37.1 Å². The van der Waals surface area contributed by atoms with Crippen LogP contribution in [0, 0.1) is 5.92 Å². The Morgan fingerprint density at radius 2 is 2.06 bits per heavy atom. The molecular weight excluding hydrogens is 422 g/mol. The maximum absolute atomic E-state index is 11.4. The smallest absolute Gasteiger partial charge is 0.330 e. The van der Waals surface area contributed by atoms with Crippen molar-refractivity contribution in [1.82, 2.24) is 24.3 Å². The molecule has 8 nitrogen and oxygen atoms in total. The normalized spacial score (nSPS) is 15.7. The number of carboxylic acids is 1. The van der Waals surface area contributed by atoms with Gasteiger partial charge >= 0.3 is 5.97 Å². The van der Waals surface area contributed by atoms with E-state index in [0.717, 1.165) is 66.3 Å². The Hall–Kier alpha value is -2.78. The Morgan fingerprint density at radius 1 is 1.28 bits per heavy atom. The zero-order valence-corrected chi connectivity index (χ0v) is 20.0. The zero-order chi connectivity index (χ0) is 22.7. The van der Waals surface area contributed by atoms with E-state index in [1.54, 1.807) is 17.2 Å². The second-order valence-corrected chi connectivity index (χ2v) is 15.3. The van der Waals surface area contributed by atoms with E-state index < -0.39 is 14.0 Å². The molecule has 1 N–H and O–H groups in total. The van der Waals surface area contributed by atoms with E-state index >= 15 is 0 Å². The highest BCUT2D eigenvalue weighted by Gasteiger charge is 2.23. The highest BCUT2D eigenvalue weighted by Crippen LogP contribution is 2.34. The van der Waals surface area contributed by atoms with Crippen molar-refractivity contribution in [3.63, 3.8) is 0 Å². The van der Waals surface area contributed by atoms with Gasteiger partial charge < -0.3 is 14.4 Å². The molecule has 3 heterocycles. The predicted octanol–water partition coefficient (Wildman–Crippen LogP) is 4.72. The first-order valence-electron chi connectivity index (χ1n) is 11.2. The van der Waals surface area contributed by atoms with Gasteiger partial charge in [0, 0.05) is 50.0 Å². The van der Waals surface area contributed by atoms with Gasteiger partial charge in [-0.2, -0.15) is 5.10 Å². The minimum absolute atomic E-state index is 0.221. The molecule has 3 aromatic heterocycles. The molecule has 4 rings (SSSR count). The molecule has 0 saturated heterocycles. The Kier molecular flexibility index (Phi) is 6.57. The molecule has 0 aromatic carbocycles. The summed E-state index contributed by atoms with van der Waals surface area (Å²) in [6.07, 6.45) is 12.7. The summed E-state index contributed by atoms with van der Waals surface area (Å²) in [5.74, 6) is -0.724. The molecule has 0 bridgehead atoms. The van der Waals surface area contributed by atoms with Crippen molar-refractivity contribution in [2.24, 2.45) is 5.92 Å². The van der Waals surface area contributed by atoms with Gasteiger partial charge in [0.15, 0.2) is 0 Å². The minimum Gasteiger partial charge on any atom is -0.478 e. The zero-order valence-electron chi connectivity index (χ0n) is 19.0. The van der Waals surface area contributed by atoms with Crippen LogP contribution in [0.25, 0.3) is 28.0 Å². The van der Waals surface area contributed by atoms with Gasteiger partial charge in [-0.05, 0) is 25.0 Å². The molecule has 0 aliphatic heterocycles. The lowest BCUT2D eigenvalue weighted by molar-refractivity contribution is -0.131. The molecule has 0 amide bonds. The lowest BCUT2D eigenvalue weighted by atomic mass is 10.0. The van der Waals surface area contributed by atoms with Crippen LogP contribution in [0.2, 0.25) is 25.7 Å². The second kappa shape index (κ2) is 9.38. The number of allylic oxidation sites excluding steroid dienone is 1. The van der Waals surface area contributed by atoms with Crippen molar-refractivity contribution in [2.45, 2.75) is 58.1 Å². The highest BCUT2D eigenvalue weighted by atomic mass is 28.3. The van der Waals surface area contributed by atoms with E-state index in [4.69, 9.17) is 4.74 Å². The number of hydrogen-bond acceptors (Lipinski definition) is 5. The number of carboxylic acid groups (broad SMARTS) is 1. The van der Waals surface area contributed by atoms with Crippen molar-refractivity contribution in [3.8, 4) is 11.3 Å². The summed E-state index contributed by atoms with van der Waals surface area (Å²) in [6.45, 7) is 8.22. The molecule has 0 atom stereocenters. The van der Waals surface area contributed by atoms with E-state index in [1.807, 2.05) is 23.0 Å². The van der Waals surface area contributed by atoms with Gasteiger partial charge in [0.2, 0.25) is 0 Å². The molecule has 32 heavy (non-hydrogen) atoms. The minimum atomic E-state index is -1.12. The number of fused-ring (bicyclic) bond motifs is 1. The van der Waals surface area contributed by atoms with Crippen molar-refractivity contribution in [2.75, 3.05) is 6.61 Å². The lowest BCUT2D eigenvalue weighted by Gasteiger charge is -2.15. The largest absolute Gasteiger partial charge is 0.478 e. The lowest BCUT2D eigenvalue weighted by Crippen LogP contribution is -2.22. The standard InChI is InChI=1S/C23H31N5O3Si/c1-32(2,3)11-10-31-16-27-9-8-19-22(24-15-25-23(19)27)18-13-26-28(14-18)20(12-21(29)30)17-6-4-5-7-17/h8-9,12-15,17H,4-7,10-11,16H2,1-3H3,(H,29,30)/b20-12-. The summed E-state index contributed by atoms with van der Waals surface area (Å²) in [6, 6.07) is 3.12. The maximum Gasteiger partial charge on any atom is 0.330 e. The average Bonchev–Trinajstić information content (AvgIpc) is 3.49. The fourth-order valence-corrected chi connectivity index (χ4v) is 4.94. The van der Waals surface area contributed by atoms with E-state index in [9.17, 15) is 9.90 Å². The van der Waals surface area contributed by atoms with Gasteiger partial charge in [-0.1, -0.05) is 32.5 Å². The molecule has 0 spiro atoms. The van der Waals surface area contributed by atoms with Gasteiger partial charge in [0.1, 0.15) is 18.7 Å². The molecule has 1 saturated carbocycles. The Morgan fingerprint density at radius 3 is 2.78 bits per heavy atom. The fraction of sp³-hybridized carbons (Fsp3) is 0.478. The van der Waals surface area contributed by atoms with Crippen LogP contribution in [-0.2, 0) is 16.3 Å². The van der Waals surface area contributed by atoms with Crippen LogP contribution in [0.3, 0.4) is 0 Å². The number of nitrogens with zero attached hydrogens (tertiary/aromatic N) is 5. The third-order valence-corrected chi connectivity index (χ3v) is 7.65. The maximum atomic E-state index is 11.4. The van der Waals surface area contributed by atoms with Crippen LogP contribution in [0.1, 0.15) is 25.7 Å². The summed E-state index contributed by atoms with van der Waals surface area (Å²) < 4.78 is 9.58. The molecule has 9 heteroatoms. The van der Waals surface area contributed by atoms with Gasteiger partial charge in [0.25, 0.3) is 0 Å². The van der Waals surface area contributed by atoms with Gasteiger partial charge in [-0.15, -0.1) is 0 Å². The topological polar surface area (TPSA) is 95.1 Å². The predicted molar refractivity (Wildman–Crippen MR) is 127 cm³/mol. The van der Waals surface area contributed by atoms with Crippen molar-refractivity contribution in [1.29, 1.82) is 0 Å². The number of rotatable bonds is 9. The SMILES string of the molecule is C[Si](C)(C)CCOCn1ccc2c(-c3cnn(/C(=C\C(=O)O)C4CCCC4)c3)ncnc21. The molecule has 170 valence electrons. The molecule has 1 fully saturated rings. The summed E-state index contributed by atoms with van der Waals surface area (Å²) >= 11 is 0. The van der Waals surface area contributed by atoms with Crippen LogP contribution < -0.4 is 0 Å². The monoisotopic (exact) mass is 453 g/mol. The van der Waals surface area contributed by atoms with Gasteiger partial charge in [0.05, 0.1) is 17.6 Å². The molecule has 1 aliphatic rings. The molecule has 3 aromatic rings. The first-order valence-corrected chi connectivity index (χ1v) is 14.9. The number of carbonyl (C=O) groups is 1. The Bertz CT molecular complexity index is 1120. The molecule has 0 radical (unpaired) electrons. The summed E-state index contributed by atoms with van der Waals surface area (Å²) in [7, 11) is -1.12. The Labute approximate surface area is 188 Å². The van der Waals surface area contributed by atoms with Gasteiger partial charge in [-0.25, -0.2) is 19.4 Å². The first kappa shape index (κ1) is 22.4. The molecule has 0 unspecified atom stereocenters. The van der Waals surface area contributed by atoms with Crippen molar-refractivity contribution < 1.29 is 14.6 Å². The van der Waals surface area contributed by atoms with Gasteiger partial charge in [-0.3, -0.25) is 0 Å². The van der Waals surface area contributed by atoms with Crippen LogP contribution in [-0.4, -0.2) is 50.1 Å². The number of hydrogen-bond donors (Lipinski definition) is 1. The number of ether oxygens (including phenoxy) is 1. The fourth-order valence-electron chi connectivity index (χ4n) is 4.18.